The van der Waals surface area contributed by atoms with Crippen LogP contribution in [0.4, 0.5) is 0 Å². The third-order valence-corrected chi connectivity index (χ3v) is 4.87. The van der Waals surface area contributed by atoms with Crippen molar-refractivity contribution in [1.29, 1.82) is 0 Å². The first-order chi connectivity index (χ1) is 8.46. The molecular formula is C14H29N3O. The number of hydrogen-bond acceptors (Lipinski definition) is 4. The maximum Gasteiger partial charge on any atom is 0.0484 e. The topological polar surface area (TPSA) is 41.7 Å². The van der Waals surface area contributed by atoms with Crippen LogP contribution in [0.3, 0.4) is 0 Å². The minimum absolute atomic E-state index is 0.0375. The predicted octanol–water partition coefficient (Wildman–Crippen LogP) is 0.910. The summed E-state index contributed by atoms with van der Waals surface area (Å²) in [5, 5.41) is 0. The zero-order chi connectivity index (χ0) is 13.2. The lowest BCUT2D eigenvalue weighted by molar-refractivity contribution is 0.00536. The molecule has 1 aliphatic heterocycles. The van der Waals surface area contributed by atoms with Crippen molar-refractivity contribution in [2.75, 3.05) is 47.4 Å². The van der Waals surface area contributed by atoms with Crippen LogP contribution in [0.1, 0.15) is 32.1 Å². The molecular weight excluding hydrogens is 226 g/mol. The summed E-state index contributed by atoms with van der Waals surface area (Å²) in [5.74, 6) is 0. The molecule has 18 heavy (non-hydrogen) atoms. The van der Waals surface area contributed by atoms with E-state index in [-0.39, 0.29) is 5.54 Å². The van der Waals surface area contributed by atoms with Gasteiger partial charge in [-0.2, -0.15) is 0 Å². The molecule has 4 nitrogen and oxygen atoms in total. The van der Waals surface area contributed by atoms with E-state index in [1.165, 1.54) is 19.3 Å². The molecule has 2 rings (SSSR count). The van der Waals surface area contributed by atoms with E-state index in [0.717, 1.165) is 39.1 Å². The molecule has 0 aromatic heterocycles. The van der Waals surface area contributed by atoms with Gasteiger partial charge in [-0.15, -0.1) is 0 Å². The summed E-state index contributed by atoms with van der Waals surface area (Å²) < 4.78 is 5.41. The Balaban J connectivity index is 1.86. The van der Waals surface area contributed by atoms with Gasteiger partial charge in [0.15, 0.2) is 0 Å². The Labute approximate surface area is 111 Å². The summed E-state index contributed by atoms with van der Waals surface area (Å²) in [5.41, 5.74) is 6.84. The number of nitrogens with zero attached hydrogens (tertiary/aromatic N) is 2. The van der Waals surface area contributed by atoms with E-state index in [4.69, 9.17) is 10.5 Å². The van der Waals surface area contributed by atoms with Crippen LogP contribution in [0, 0.1) is 0 Å². The highest BCUT2D eigenvalue weighted by atomic mass is 16.5. The van der Waals surface area contributed by atoms with Crippen molar-refractivity contribution in [3.63, 3.8) is 0 Å². The van der Waals surface area contributed by atoms with Gasteiger partial charge in [-0.25, -0.2) is 0 Å². The first kappa shape index (κ1) is 14.3. The summed E-state index contributed by atoms with van der Waals surface area (Å²) in [6, 6.07) is 0. The molecule has 0 unspecified atom stereocenters. The first-order valence-electron chi connectivity index (χ1n) is 7.19. The Morgan fingerprint density at radius 3 is 2.06 bits per heavy atom. The Morgan fingerprint density at radius 1 is 1.00 bits per heavy atom. The molecule has 1 saturated carbocycles. The average molecular weight is 255 g/mol. The lowest BCUT2D eigenvalue weighted by Crippen LogP contribution is -2.60. The molecule has 0 atom stereocenters. The molecule has 106 valence electrons. The lowest BCUT2D eigenvalue weighted by atomic mass is 9.75. The van der Waals surface area contributed by atoms with E-state index in [1.54, 1.807) is 0 Å². The van der Waals surface area contributed by atoms with Crippen LogP contribution < -0.4 is 5.73 Å². The lowest BCUT2D eigenvalue weighted by Gasteiger charge is -2.50. The van der Waals surface area contributed by atoms with Gasteiger partial charge in [0.2, 0.25) is 0 Å². The van der Waals surface area contributed by atoms with Gasteiger partial charge in [0.25, 0.3) is 0 Å². The minimum atomic E-state index is -0.0375. The van der Waals surface area contributed by atoms with Gasteiger partial charge in [-0.3, -0.25) is 0 Å². The van der Waals surface area contributed by atoms with Gasteiger partial charge < -0.3 is 20.3 Å². The maximum absolute atomic E-state index is 6.48. The number of ether oxygens (including phenoxy) is 1. The van der Waals surface area contributed by atoms with E-state index >= 15 is 0 Å². The van der Waals surface area contributed by atoms with Crippen molar-refractivity contribution in [3.8, 4) is 0 Å². The molecule has 2 fully saturated rings. The van der Waals surface area contributed by atoms with E-state index in [1.807, 2.05) is 0 Å². The monoisotopic (exact) mass is 255 g/mol. The van der Waals surface area contributed by atoms with Crippen molar-refractivity contribution in [3.05, 3.63) is 0 Å². The third kappa shape index (κ3) is 3.05. The average Bonchev–Trinajstić information content (AvgIpc) is 2.23. The summed E-state index contributed by atoms with van der Waals surface area (Å²) in [4.78, 5) is 4.84. The zero-order valence-corrected chi connectivity index (χ0v) is 12.2. The second-order valence-electron chi connectivity index (χ2n) is 6.62. The summed E-state index contributed by atoms with van der Waals surface area (Å²) in [7, 11) is 6.63. The standard InChI is InChI=1S/C14H29N3O/c1-16(2)14(5-4-6-14)12-17(3)11-13(15)7-9-18-10-8-13/h4-12,15H2,1-3H3. The van der Waals surface area contributed by atoms with Crippen LogP contribution in [0.5, 0.6) is 0 Å². The smallest absolute Gasteiger partial charge is 0.0484 e. The molecule has 4 heteroatoms. The van der Waals surface area contributed by atoms with Crippen LogP contribution in [0.15, 0.2) is 0 Å². The van der Waals surface area contributed by atoms with E-state index < -0.39 is 0 Å². The Kier molecular flexibility index (Phi) is 4.32. The van der Waals surface area contributed by atoms with Crippen molar-refractivity contribution in [1.82, 2.24) is 9.80 Å². The highest BCUT2D eigenvalue weighted by Gasteiger charge is 2.41. The van der Waals surface area contributed by atoms with Gasteiger partial charge in [0.05, 0.1) is 0 Å². The minimum Gasteiger partial charge on any atom is -0.381 e. The number of rotatable bonds is 5. The van der Waals surface area contributed by atoms with E-state index in [0.29, 0.717) is 5.54 Å². The third-order valence-electron chi connectivity index (χ3n) is 4.87. The van der Waals surface area contributed by atoms with E-state index in [2.05, 4.69) is 30.9 Å². The van der Waals surface area contributed by atoms with Gasteiger partial charge in [-0.05, 0) is 53.2 Å². The molecule has 0 spiro atoms. The van der Waals surface area contributed by atoms with Crippen molar-refractivity contribution in [2.24, 2.45) is 5.73 Å². The van der Waals surface area contributed by atoms with E-state index in [9.17, 15) is 0 Å². The fraction of sp³-hybridized carbons (Fsp3) is 1.00. The predicted molar refractivity (Wildman–Crippen MR) is 74.7 cm³/mol. The molecule has 0 aromatic rings. The van der Waals surface area contributed by atoms with Crippen LogP contribution in [0.2, 0.25) is 0 Å². The number of nitrogens with two attached hydrogens (primary N) is 1. The van der Waals surface area contributed by atoms with Gasteiger partial charge in [-0.1, -0.05) is 0 Å². The van der Waals surface area contributed by atoms with Gasteiger partial charge in [0.1, 0.15) is 0 Å². The normalized spacial score (nSPS) is 26.3. The fourth-order valence-electron chi connectivity index (χ4n) is 3.36. The van der Waals surface area contributed by atoms with Crippen LogP contribution >= 0.6 is 0 Å². The van der Waals surface area contributed by atoms with Crippen molar-refractivity contribution >= 4 is 0 Å². The van der Waals surface area contributed by atoms with Crippen molar-refractivity contribution < 1.29 is 4.74 Å². The Morgan fingerprint density at radius 2 is 1.61 bits per heavy atom. The fourth-order valence-corrected chi connectivity index (χ4v) is 3.36. The quantitative estimate of drug-likeness (QED) is 0.793. The SMILES string of the molecule is CN(CC1(N)CCOCC1)CC1(N(C)C)CCC1. The molecule has 1 aliphatic carbocycles. The molecule has 0 amide bonds. The Bertz CT molecular complexity index is 270. The van der Waals surface area contributed by atoms with Crippen LogP contribution in [0.25, 0.3) is 0 Å². The zero-order valence-electron chi connectivity index (χ0n) is 12.2. The summed E-state index contributed by atoms with van der Waals surface area (Å²) >= 11 is 0. The molecule has 0 aromatic carbocycles. The Hall–Kier alpha value is -0.160. The number of likely N-dealkylation sites (N-methyl/N-ethyl adjacent to an activating group) is 2. The van der Waals surface area contributed by atoms with Crippen molar-refractivity contribution in [2.45, 2.75) is 43.2 Å². The number of hydrogen-bond donors (Lipinski definition) is 1. The highest BCUT2D eigenvalue weighted by molar-refractivity contribution is 4.99. The molecule has 2 N–H and O–H groups in total. The molecule has 2 aliphatic rings. The summed E-state index contributed by atoms with van der Waals surface area (Å²) in [6.45, 7) is 3.78. The second-order valence-corrected chi connectivity index (χ2v) is 6.62. The van der Waals surface area contributed by atoms with Crippen LogP contribution in [-0.4, -0.2) is 68.3 Å². The van der Waals surface area contributed by atoms with Gasteiger partial charge in [0, 0.05) is 37.4 Å². The van der Waals surface area contributed by atoms with Crippen LogP contribution in [-0.2, 0) is 4.74 Å². The maximum atomic E-state index is 6.48. The molecule has 1 heterocycles. The highest BCUT2D eigenvalue weighted by Crippen LogP contribution is 2.37. The molecule has 0 radical (unpaired) electrons. The first-order valence-corrected chi connectivity index (χ1v) is 7.19. The molecule has 1 saturated heterocycles. The summed E-state index contributed by atoms with van der Waals surface area (Å²) in [6.07, 6.45) is 6.00. The largest absolute Gasteiger partial charge is 0.381 e. The van der Waals surface area contributed by atoms with Gasteiger partial charge >= 0.3 is 0 Å². The molecule has 0 bridgehead atoms. The second kappa shape index (κ2) is 5.45.